The molecule has 0 saturated carbocycles. The van der Waals surface area contributed by atoms with Crippen molar-refractivity contribution >= 4 is 17.4 Å². The Balaban J connectivity index is 0.00000217. The number of allylic oxidation sites excluding steroid dienone is 9. The maximum absolute atomic E-state index is 12.8. The second kappa shape index (κ2) is 17.3. The molecule has 8 heteroatoms. The summed E-state index contributed by atoms with van der Waals surface area (Å²) in [5.74, 6) is 2.87. The van der Waals surface area contributed by atoms with E-state index in [-0.39, 0.29) is 12.5 Å². The summed E-state index contributed by atoms with van der Waals surface area (Å²) in [6.07, 6.45) is 21.4. The summed E-state index contributed by atoms with van der Waals surface area (Å²) in [4.78, 5) is 21.2. The molecule has 0 aliphatic carbocycles. The maximum Gasteiger partial charge on any atom is 0.244 e. The summed E-state index contributed by atoms with van der Waals surface area (Å²) in [6, 6.07) is 0. The van der Waals surface area contributed by atoms with Crippen molar-refractivity contribution in [3.05, 3.63) is 84.1 Å². The molecule has 0 spiro atoms. The van der Waals surface area contributed by atoms with E-state index in [0.717, 1.165) is 35.6 Å². The van der Waals surface area contributed by atoms with Crippen LogP contribution in [0.4, 0.5) is 4.39 Å². The molecule has 2 heterocycles. The molecule has 1 aromatic heterocycles. The van der Waals surface area contributed by atoms with Crippen LogP contribution < -0.4 is 10.6 Å². The van der Waals surface area contributed by atoms with Crippen molar-refractivity contribution < 1.29 is 13.9 Å². The van der Waals surface area contributed by atoms with E-state index < -0.39 is 5.83 Å². The van der Waals surface area contributed by atoms with Crippen LogP contribution in [0.25, 0.3) is 5.70 Å². The number of carbonyl (C=O) groups is 1. The number of hydrogen-bond donors (Lipinski definition) is 2. The molecule has 37 heavy (non-hydrogen) atoms. The van der Waals surface area contributed by atoms with Gasteiger partial charge in [-0.15, -0.1) is 12.3 Å². The Bertz CT molecular complexity index is 1140. The first-order valence-electron chi connectivity index (χ1n) is 12.0. The highest BCUT2D eigenvalue weighted by atomic mass is 19.1. The predicted octanol–water partition coefficient (Wildman–Crippen LogP) is 5.38. The monoisotopic (exact) mass is 507 g/mol. The average Bonchev–Trinajstić information content (AvgIpc) is 3.30. The highest BCUT2D eigenvalue weighted by Crippen LogP contribution is 2.17. The maximum atomic E-state index is 12.8. The summed E-state index contributed by atoms with van der Waals surface area (Å²) in [5.41, 5.74) is 3.47. The number of imidazole rings is 1. The molecule has 2 rings (SSSR count). The fourth-order valence-electron chi connectivity index (χ4n) is 3.23. The van der Waals surface area contributed by atoms with E-state index in [1.807, 2.05) is 36.8 Å². The molecule has 7 nitrogen and oxygen atoms in total. The van der Waals surface area contributed by atoms with Crippen molar-refractivity contribution in [2.45, 2.75) is 47.0 Å². The van der Waals surface area contributed by atoms with Gasteiger partial charge in [-0.2, -0.15) is 0 Å². The summed E-state index contributed by atoms with van der Waals surface area (Å²) >= 11 is 0. The lowest BCUT2D eigenvalue weighted by molar-refractivity contribution is -0.118. The highest BCUT2D eigenvalue weighted by Gasteiger charge is 2.14. The number of terminal acetylenes is 1. The van der Waals surface area contributed by atoms with E-state index in [2.05, 4.69) is 45.6 Å². The topological polar surface area (TPSA) is 80.5 Å². The lowest BCUT2D eigenvalue weighted by Gasteiger charge is -2.17. The van der Waals surface area contributed by atoms with Crippen molar-refractivity contribution in [2.24, 2.45) is 4.99 Å². The molecule has 1 aromatic rings. The zero-order valence-corrected chi connectivity index (χ0v) is 22.5. The molecule has 1 amide bonds. The zero-order valence-electron chi connectivity index (χ0n) is 22.5. The van der Waals surface area contributed by atoms with Crippen molar-refractivity contribution in [3.63, 3.8) is 0 Å². The van der Waals surface area contributed by atoms with Gasteiger partial charge in [0, 0.05) is 18.4 Å². The van der Waals surface area contributed by atoms with Crippen molar-refractivity contribution in [1.29, 1.82) is 0 Å². The number of rotatable bonds is 10. The number of carbonyl (C=O) groups excluding carboxylic acids is 1. The lowest BCUT2D eigenvalue weighted by atomic mass is 10.0. The second-order valence-electron chi connectivity index (χ2n) is 7.98. The van der Waals surface area contributed by atoms with Gasteiger partial charge in [0.2, 0.25) is 5.91 Å². The van der Waals surface area contributed by atoms with Crippen molar-refractivity contribution in [2.75, 3.05) is 20.2 Å². The molecule has 0 aromatic carbocycles. The van der Waals surface area contributed by atoms with Crippen molar-refractivity contribution in [1.82, 2.24) is 20.2 Å². The number of nitrogens with one attached hydrogen (secondary N) is 2. The largest absolute Gasteiger partial charge is 0.499 e. The third kappa shape index (κ3) is 11.9. The number of aryl methyl sites for hydroxylation is 1. The predicted molar refractivity (Wildman–Crippen MR) is 150 cm³/mol. The molecule has 0 saturated heterocycles. The Hall–Kier alpha value is -4.12. The lowest BCUT2D eigenvalue weighted by Crippen LogP contribution is -2.39. The number of methoxy groups -OCH3 is 1. The van der Waals surface area contributed by atoms with Gasteiger partial charge in [0.15, 0.2) is 0 Å². The number of amides is 1. The Morgan fingerprint density at radius 1 is 1.38 bits per heavy atom. The Morgan fingerprint density at radius 2 is 2.11 bits per heavy atom. The Kier molecular flexibility index (Phi) is 14.5. The van der Waals surface area contributed by atoms with Crippen LogP contribution in [0.15, 0.2) is 83.4 Å². The number of halogens is 1. The zero-order chi connectivity index (χ0) is 27.6. The standard InChI is InChI=1S/C26H34FN5O2.C3H4/c1-6-23(14-13-19(2)27)29-16-25(33)31-26-22(11-9-15-28-26)10-7-8-12-24(21(4)34-5)32-17-20(3)30-18-32;1-3-2/h6,8,10,12-14,17-18,29H,2,7,9,11,15-16H2,1,3-5H3,(H,28,31,33);1H,2H3/b12-8-,14-13-,22-10+,23-6+,24-21-;. The molecule has 2 N–H and O–H groups in total. The Labute approximate surface area is 220 Å². The van der Waals surface area contributed by atoms with Gasteiger partial charge in [-0.1, -0.05) is 24.8 Å². The first kappa shape index (κ1) is 30.9. The number of aliphatic imine (C=N–C) groups is 1. The van der Waals surface area contributed by atoms with Gasteiger partial charge in [-0.25, -0.2) is 9.37 Å². The fourth-order valence-corrected chi connectivity index (χ4v) is 3.23. The number of aromatic nitrogens is 2. The van der Waals surface area contributed by atoms with Crippen molar-refractivity contribution in [3.8, 4) is 12.3 Å². The quantitative estimate of drug-likeness (QED) is 0.253. The minimum Gasteiger partial charge on any atom is -0.499 e. The van der Waals surface area contributed by atoms with Gasteiger partial charge < -0.3 is 19.9 Å². The van der Waals surface area contributed by atoms with E-state index in [0.29, 0.717) is 24.5 Å². The van der Waals surface area contributed by atoms with Gasteiger partial charge in [0.1, 0.15) is 17.4 Å². The minimum absolute atomic E-state index is 0.0454. The molecule has 1 aliphatic rings. The van der Waals surface area contributed by atoms with Gasteiger partial charge in [-0.05, 0) is 70.8 Å². The van der Waals surface area contributed by atoms with Crippen LogP contribution in [0.2, 0.25) is 0 Å². The third-order valence-corrected chi connectivity index (χ3v) is 5.08. The van der Waals surface area contributed by atoms with Crippen LogP contribution >= 0.6 is 0 Å². The number of ether oxygens (including phenoxy) is 1. The van der Waals surface area contributed by atoms with Gasteiger partial charge in [0.25, 0.3) is 0 Å². The molecule has 1 aliphatic heterocycles. The smallest absolute Gasteiger partial charge is 0.244 e. The molecule has 198 valence electrons. The van der Waals surface area contributed by atoms with E-state index in [9.17, 15) is 9.18 Å². The van der Waals surface area contributed by atoms with Crippen LogP contribution in [0.1, 0.15) is 45.7 Å². The summed E-state index contributed by atoms with van der Waals surface area (Å²) in [6.45, 7) is 11.2. The molecule has 0 radical (unpaired) electrons. The van der Waals surface area contributed by atoms with Crippen LogP contribution in [0.3, 0.4) is 0 Å². The van der Waals surface area contributed by atoms with Crippen LogP contribution in [-0.4, -0.2) is 41.5 Å². The summed E-state index contributed by atoms with van der Waals surface area (Å²) in [5, 5.41) is 5.86. The summed E-state index contributed by atoms with van der Waals surface area (Å²) < 4.78 is 20.2. The number of nitrogens with zero attached hydrogens (tertiary/aromatic N) is 3. The van der Waals surface area contributed by atoms with E-state index in [1.165, 1.54) is 12.2 Å². The first-order chi connectivity index (χ1) is 17.7. The molecular weight excluding hydrogens is 469 g/mol. The fraction of sp³-hybridized carbons (Fsp3) is 0.345. The van der Waals surface area contributed by atoms with Gasteiger partial charge in [0.05, 0.1) is 31.4 Å². The molecular formula is C29H38FN5O2. The van der Waals surface area contributed by atoms with E-state index in [4.69, 9.17) is 4.74 Å². The van der Waals surface area contributed by atoms with Crippen LogP contribution in [-0.2, 0) is 9.53 Å². The third-order valence-electron chi connectivity index (χ3n) is 5.08. The minimum atomic E-state index is -0.550. The Morgan fingerprint density at radius 3 is 2.70 bits per heavy atom. The van der Waals surface area contributed by atoms with Crippen LogP contribution in [0, 0.1) is 19.3 Å². The molecule has 0 atom stereocenters. The average molecular weight is 508 g/mol. The highest BCUT2D eigenvalue weighted by molar-refractivity contribution is 6.08. The molecule has 0 unspecified atom stereocenters. The number of amidine groups is 1. The van der Waals surface area contributed by atoms with Gasteiger partial charge >= 0.3 is 0 Å². The normalized spacial score (nSPS) is 15.4. The van der Waals surface area contributed by atoms with Crippen LogP contribution in [0.5, 0.6) is 0 Å². The SMILES string of the molecule is C#CC.C=C(F)/C=C\C(=C/C)NCC(=O)NC1=NCCC/C1=C\C/C=C\C(=C(/C)OC)n1cnc(C)c1. The molecule has 0 bridgehead atoms. The second-order valence-corrected chi connectivity index (χ2v) is 7.98. The first-order valence-corrected chi connectivity index (χ1v) is 12.0. The summed E-state index contributed by atoms with van der Waals surface area (Å²) in [7, 11) is 1.64. The number of hydrogen-bond acceptors (Lipinski definition) is 5. The van der Waals surface area contributed by atoms with E-state index in [1.54, 1.807) is 33.4 Å². The molecule has 0 fully saturated rings. The van der Waals surface area contributed by atoms with Gasteiger partial charge in [-0.3, -0.25) is 9.79 Å². The van der Waals surface area contributed by atoms with E-state index >= 15 is 0 Å².